The van der Waals surface area contributed by atoms with Gasteiger partial charge in [-0.2, -0.15) is 5.26 Å². The van der Waals surface area contributed by atoms with Crippen molar-refractivity contribution >= 4 is 33.6 Å². The number of fused-ring (bicyclic) bond motifs is 3. The Bertz CT molecular complexity index is 1660. The smallest absolute Gasteiger partial charge is 0.277 e. The van der Waals surface area contributed by atoms with Gasteiger partial charge in [-0.25, -0.2) is 4.98 Å². The summed E-state index contributed by atoms with van der Waals surface area (Å²) in [5.74, 6) is 1.05. The van der Waals surface area contributed by atoms with E-state index in [4.69, 9.17) is 14.7 Å². The Morgan fingerprint density at radius 1 is 0.882 bits per heavy atom. The van der Waals surface area contributed by atoms with Crippen LogP contribution in [0.15, 0.2) is 94.6 Å². The summed E-state index contributed by atoms with van der Waals surface area (Å²) < 4.78 is 5.98. The SMILES string of the molecule is N#Cc1ccc(CSc2nnc(-c3cc4c([nH]c5ccccc54)c(-c4ccccc4)n3)o2)cc1. The summed E-state index contributed by atoms with van der Waals surface area (Å²) in [7, 11) is 0. The van der Waals surface area contributed by atoms with Crippen molar-refractivity contribution in [1.29, 1.82) is 5.26 Å². The average molecular weight is 460 g/mol. The van der Waals surface area contributed by atoms with E-state index in [2.05, 4.69) is 33.4 Å². The number of H-pyrrole nitrogens is 1. The first-order chi connectivity index (χ1) is 16.8. The number of aromatic amines is 1. The maximum atomic E-state index is 8.95. The molecule has 0 spiro atoms. The first-order valence-corrected chi connectivity index (χ1v) is 11.7. The fourth-order valence-electron chi connectivity index (χ4n) is 3.95. The normalized spacial score (nSPS) is 11.1. The van der Waals surface area contributed by atoms with E-state index in [1.165, 1.54) is 11.8 Å². The Morgan fingerprint density at radius 3 is 2.50 bits per heavy atom. The quantitative estimate of drug-likeness (QED) is 0.292. The molecule has 0 fully saturated rings. The molecule has 6 aromatic rings. The van der Waals surface area contributed by atoms with Crippen LogP contribution < -0.4 is 0 Å². The largest absolute Gasteiger partial charge is 0.410 e. The van der Waals surface area contributed by atoms with Crippen LogP contribution in [-0.4, -0.2) is 20.2 Å². The number of nitrogens with one attached hydrogen (secondary N) is 1. The van der Waals surface area contributed by atoms with Gasteiger partial charge in [-0.05, 0) is 29.8 Å². The van der Waals surface area contributed by atoms with Crippen LogP contribution in [0.5, 0.6) is 0 Å². The van der Waals surface area contributed by atoms with Gasteiger partial charge in [-0.1, -0.05) is 72.4 Å². The van der Waals surface area contributed by atoms with Gasteiger partial charge in [-0.3, -0.25) is 0 Å². The average Bonchev–Trinajstić information content (AvgIpc) is 3.52. The van der Waals surface area contributed by atoms with Crippen molar-refractivity contribution in [2.45, 2.75) is 11.0 Å². The second kappa shape index (κ2) is 8.50. The molecule has 0 saturated heterocycles. The van der Waals surface area contributed by atoms with Crippen LogP contribution in [-0.2, 0) is 5.75 Å². The number of benzene rings is 3. The Kier molecular flexibility index (Phi) is 5.06. The zero-order valence-electron chi connectivity index (χ0n) is 17.9. The molecule has 0 atom stereocenters. The molecule has 0 bridgehead atoms. The van der Waals surface area contributed by atoms with E-state index in [0.717, 1.165) is 38.6 Å². The molecule has 7 heteroatoms. The minimum Gasteiger partial charge on any atom is -0.410 e. The van der Waals surface area contributed by atoms with Gasteiger partial charge in [0.2, 0.25) is 0 Å². The summed E-state index contributed by atoms with van der Waals surface area (Å²) in [5, 5.41) is 20.1. The molecule has 3 heterocycles. The molecule has 3 aromatic heterocycles. The molecule has 0 amide bonds. The van der Waals surface area contributed by atoms with Gasteiger partial charge in [0.05, 0.1) is 22.8 Å². The summed E-state index contributed by atoms with van der Waals surface area (Å²) in [5.41, 5.74) is 6.23. The molecule has 1 N–H and O–H groups in total. The predicted octanol–water partition coefficient (Wildman–Crippen LogP) is 6.60. The van der Waals surface area contributed by atoms with Gasteiger partial charge >= 0.3 is 0 Å². The molecule has 162 valence electrons. The van der Waals surface area contributed by atoms with E-state index >= 15 is 0 Å². The Balaban J connectivity index is 1.38. The number of nitrogens with zero attached hydrogens (tertiary/aromatic N) is 4. The van der Waals surface area contributed by atoms with Crippen LogP contribution in [0, 0.1) is 11.3 Å². The molecule has 0 radical (unpaired) electrons. The third-order valence-corrected chi connectivity index (χ3v) is 6.50. The van der Waals surface area contributed by atoms with E-state index < -0.39 is 0 Å². The first kappa shape index (κ1) is 20.2. The maximum absolute atomic E-state index is 8.95. The summed E-state index contributed by atoms with van der Waals surface area (Å²) >= 11 is 1.45. The van der Waals surface area contributed by atoms with Crippen molar-refractivity contribution in [1.82, 2.24) is 20.2 Å². The van der Waals surface area contributed by atoms with Crippen molar-refractivity contribution in [3.8, 4) is 28.9 Å². The van der Waals surface area contributed by atoms with Crippen LogP contribution >= 0.6 is 11.8 Å². The second-order valence-electron chi connectivity index (χ2n) is 7.79. The second-order valence-corrected chi connectivity index (χ2v) is 8.71. The Morgan fingerprint density at radius 2 is 1.68 bits per heavy atom. The third-order valence-electron chi connectivity index (χ3n) is 5.61. The van der Waals surface area contributed by atoms with E-state index in [1.54, 1.807) is 12.1 Å². The number of hydrogen-bond donors (Lipinski definition) is 1. The van der Waals surface area contributed by atoms with Crippen LogP contribution in [0.3, 0.4) is 0 Å². The van der Waals surface area contributed by atoms with Gasteiger partial charge < -0.3 is 9.40 Å². The minimum atomic E-state index is 0.381. The fourth-order valence-corrected chi connectivity index (χ4v) is 4.67. The number of aromatic nitrogens is 4. The van der Waals surface area contributed by atoms with E-state index in [0.29, 0.717) is 28.1 Å². The molecule has 34 heavy (non-hydrogen) atoms. The molecule has 0 saturated carbocycles. The molecule has 6 rings (SSSR count). The highest BCUT2D eigenvalue weighted by Gasteiger charge is 2.17. The van der Waals surface area contributed by atoms with Gasteiger partial charge in [0, 0.05) is 27.6 Å². The number of thioether (sulfide) groups is 1. The van der Waals surface area contributed by atoms with Gasteiger partial charge in [0.25, 0.3) is 11.1 Å². The summed E-state index contributed by atoms with van der Waals surface area (Å²) in [4.78, 5) is 8.44. The van der Waals surface area contributed by atoms with Crippen molar-refractivity contribution in [3.63, 3.8) is 0 Å². The molecule has 3 aromatic carbocycles. The molecular formula is C27H17N5OS. The zero-order chi connectivity index (χ0) is 22.9. The monoisotopic (exact) mass is 459 g/mol. The summed E-state index contributed by atoms with van der Waals surface area (Å²) in [6, 6.07) is 29.9. The topological polar surface area (TPSA) is 91.4 Å². The predicted molar refractivity (Wildman–Crippen MR) is 133 cm³/mol. The fraction of sp³-hybridized carbons (Fsp3) is 0.0370. The third kappa shape index (κ3) is 3.70. The number of hydrogen-bond acceptors (Lipinski definition) is 6. The molecular weight excluding hydrogens is 442 g/mol. The van der Waals surface area contributed by atoms with Crippen molar-refractivity contribution in [3.05, 3.63) is 96.1 Å². The number of nitriles is 1. The summed E-state index contributed by atoms with van der Waals surface area (Å²) in [6.07, 6.45) is 0. The Hall–Kier alpha value is -4.41. The number of pyridine rings is 1. The van der Waals surface area contributed by atoms with Gasteiger partial charge in [0.15, 0.2) is 0 Å². The zero-order valence-corrected chi connectivity index (χ0v) is 18.7. The highest BCUT2D eigenvalue weighted by Crippen LogP contribution is 2.35. The lowest BCUT2D eigenvalue weighted by atomic mass is 10.1. The van der Waals surface area contributed by atoms with E-state index in [9.17, 15) is 0 Å². The van der Waals surface area contributed by atoms with Crippen LogP contribution in [0.2, 0.25) is 0 Å². The lowest BCUT2D eigenvalue weighted by Crippen LogP contribution is -1.90. The van der Waals surface area contributed by atoms with E-state index in [1.807, 2.05) is 60.7 Å². The number of para-hydroxylation sites is 1. The Labute approximate surface area is 199 Å². The van der Waals surface area contributed by atoms with Gasteiger partial charge in [-0.15, -0.1) is 10.2 Å². The molecule has 6 nitrogen and oxygen atoms in total. The van der Waals surface area contributed by atoms with Crippen LogP contribution in [0.1, 0.15) is 11.1 Å². The maximum Gasteiger partial charge on any atom is 0.277 e. The lowest BCUT2D eigenvalue weighted by Gasteiger charge is -2.05. The van der Waals surface area contributed by atoms with E-state index in [-0.39, 0.29) is 0 Å². The molecule has 0 aliphatic heterocycles. The van der Waals surface area contributed by atoms with Crippen molar-refractivity contribution < 1.29 is 4.42 Å². The van der Waals surface area contributed by atoms with Crippen LogP contribution in [0.25, 0.3) is 44.6 Å². The number of rotatable bonds is 5. The summed E-state index contributed by atoms with van der Waals surface area (Å²) in [6.45, 7) is 0. The molecule has 0 aliphatic rings. The highest BCUT2D eigenvalue weighted by molar-refractivity contribution is 7.98. The highest BCUT2D eigenvalue weighted by atomic mass is 32.2. The molecule has 0 aliphatic carbocycles. The standard InChI is InChI=1S/C27H17N5OS/c28-15-17-10-12-18(13-11-17)16-34-27-32-31-26(33-27)23-14-21-20-8-4-5-9-22(20)29-25(21)24(30-23)19-6-2-1-3-7-19/h1-14,29H,16H2. The van der Waals surface area contributed by atoms with Gasteiger partial charge in [0.1, 0.15) is 5.69 Å². The van der Waals surface area contributed by atoms with Crippen LogP contribution in [0.4, 0.5) is 0 Å². The van der Waals surface area contributed by atoms with Crippen molar-refractivity contribution in [2.75, 3.05) is 0 Å². The molecule has 0 unspecified atom stereocenters. The van der Waals surface area contributed by atoms with Crippen molar-refractivity contribution in [2.24, 2.45) is 0 Å². The lowest BCUT2D eigenvalue weighted by molar-refractivity contribution is 0.464. The minimum absolute atomic E-state index is 0.381. The first-order valence-electron chi connectivity index (χ1n) is 10.7.